The highest BCUT2D eigenvalue weighted by molar-refractivity contribution is 7.11. The average Bonchev–Trinajstić information content (AvgIpc) is 2.89. The first-order chi connectivity index (χ1) is 8.28. The Bertz CT molecular complexity index is 463. The zero-order chi connectivity index (χ0) is 12.1. The summed E-state index contributed by atoms with van der Waals surface area (Å²) in [5.41, 5.74) is 6.36. The molecule has 2 aromatic rings. The van der Waals surface area contributed by atoms with Gasteiger partial charge in [0.25, 0.3) is 0 Å². The molecule has 2 rings (SSSR count). The molecule has 92 valence electrons. The maximum absolute atomic E-state index is 5.44. The number of nitrogens with one attached hydrogen (secondary N) is 1. The molecule has 0 atom stereocenters. The second-order valence-corrected chi connectivity index (χ2v) is 5.05. The van der Waals surface area contributed by atoms with Gasteiger partial charge in [-0.15, -0.1) is 16.4 Å². The Balaban J connectivity index is 1.77. The van der Waals surface area contributed by atoms with Crippen LogP contribution < -0.4 is 11.1 Å². The highest BCUT2D eigenvalue weighted by Crippen LogP contribution is 2.10. The minimum Gasteiger partial charge on any atom is -0.329 e. The molecule has 2 heterocycles. The SMILES string of the molecule is Cc1cnc(CNCc2cn(CCN)nn2)s1. The largest absolute Gasteiger partial charge is 0.329 e. The van der Waals surface area contributed by atoms with E-state index in [9.17, 15) is 0 Å². The lowest BCUT2D eigenvalue weighted by atomic mass is 10.4. The van der Waals surface area contributed by atoms with E-state index < -0.39 is 0 Å². The molecule has 0 fully saturated rings. The Morgan fingerprint density at radius 3 is 3.06 bits per heavy atom. The van der Waals surface area contributed by atoms with Gasteiger partial charge in [0.1, 0.15) is 5.01 Å². The van der Waals surface area contributed by atoms with Crippen molar-refractivity contribution in [3.05, 3.63) is 28.0 Å². The second-order valence-electron chi connectivity index (χ2n) is 3.73. The lowest BCUT2D eigenvalue weighted by Gasteiger charge is -1.98. The van der Waals surface area contributed by atoms with Crippen molar-refractivity contribution >= 4 is 11.3 Å². The number of thiazole rings is 1. The number of aryl methyl sites for hydroxylation is 1. The van der Waals surface area contributed by atoms with Gasteiger partial charge in [-0.25, -0.2) is 4.98 Å². The summed E-state index contributed by atoms with van der Waals surface area (Å²) in [4.78, 5) is 5.51. The van der Waals surface area contributed by atoms with Crippen LogP contribution in [0.2, 0.25) is 0 Å². The number of aromatic nitrogens is 4. The number of nitrogens with zero attached hydrogens (tertiary/aromatic N) is 4. The summed E-state index contributed by atoms with van der Waals surface area (Å²) < 4.78 is 1.75. The van der Waals surface area contributed by atoms with E-state index >= 15 is 0 Å². The minimum absolute atomic E-state index is 0.578. The van der Waals surface area contributed by atoms with Crippen molar-refractivity contribution < 1.29 is 0 Å². The van der Waals surface area contributed by atoms with E-state index in [1.165, 1.54) is 4.88 Å². The van der Waals surface area contributed by atoms with Crippen molar-refractivity contribution in [2.75, 3.05) is 6.54 Å². The fraction of sp³-hybridized carbons (Fsp3) is 0.500. The van der Waals surface area contributed by atoms with Crippen LogP contribution in [0.3, 0.4) is 0 Å². The van der Waals surface area contributed by atoms with Gasteiger partial charge in [0.2, 0.25) is 0 Å². The molecule has 0 aromatic carbocycles. The number of hydrogen-bond donors (Lipinski definition) is 2. The third-order valence-electron chi connectivity index (χ3n) is 2.20. The van der Waals surface area contributed by atoms with Gasteiger partial charge in [-0.3, -0.25) is 4.68 Å². The minimum atomic E-state index is 0.578. The van der Waals surface area contributed by atoms with Gasteiger partial charge >= 0.3 is 0 Å². The molecular weight excluding hydrogens is 236 g/mol. The first-order valence-corrected chi connectivity index (χ1v) is 6.30. The molecule has 0 radical (unpaired) electrons. The Labute approximate surface area is 104 Å². The smallest absolute Gasteiger partial charge is 0.107 e. The molecule has 7 heteroatoms. The third-order valence-corrected chi connectivity index (χ3v) is 3.11. The molecule has 17 heavy (non-hydrogen) atoms. The van der Waals surface area contributed by atoms with Gasteiger partial charge in [0, 0.05) is 36.9 Å². The molecule has 3 N–H and O–H groups in total. The zero-order valence-electron chi connectivity index (χ0n) is 9.76. The normalized spacial score (nSPS) is 10.9. The summed E-state index contributed by atoms with van der Waals surface area (Å²) in [6.45, 7) is 4.80. The summed E-state index contributed by atoms with van der Waals surface area (Å²) in [6.07, 6.45) is 3.80. The molecule has 6 nitrogen and oxygen atoms in total. The molecule has 0 amide bonds. The van der Waals surface area contributed by atoms with Crippen LogP contribution in [0.15, 0.2) is 12.4 Å². The maximum Gasteiger partial charge on any atom is 0.107 e. The predicted molar refractivity (Wildman–Crippen MR) is 66.5 cm³/mol. The first kappa shape index (κ1) is 12.2. The monoisotopic (exact) mass is 252 g/mol. The van der Waals surface area contributed by atoms with E-state index in [1.807, 2.05) is 12.4 Å². The van der Waals surface area contributed by atoms with Gasteiger partial charge in [-0.2, -0.15) is 0 Å². The van der Waals surface area contributed by atoms with Crippen molar-refractivity contribution in [3.8, 4) is 0 Å². The van der Waals surface area contributed by atoms with Crippen LogP contribution in [0.25, 0.3) is 0 Å². The predicted octanol–water partition coefficient (Wildman–Crippen LogP) is 0.292. The Morgan fingerprint density at radius 1 is 1.47 bits per heavy atom. The van der Waals surface area contributed by atoms with Crippen LogP contribution in [-0.4, -0.2) is 26.5 Å². The molecule has 0 bridgehead atoms. The number of nitrogens with two attached hydrogens (primary N) is 1. The zero-order valence-corrected chi connectivity index (χ0v) is 10.6. The molecule has 0 spiro atoms. The van der Waals surface area contributed by atoms with Crippen LogP contribution in [0.1, 0.15) is 15.6 Å². The van der Waals surface area contributed by atoms with Crippen LogP contribution >= 0.6 is 11.3 Å². The van der Waals surface area contributed by atoms with E-state index in [0.717, 1.165) is 17.2 Å². The Morgan fingerprint density at radius 2 is 2.35 bits per heavy atom. The Kier molecular flexibility index (Phi) is 4.18. The topological polar surface area (TPSA) is 81.7 Å². The highest BCUT2D eigenvalue weighted by atomic mass is 32.1. The summed E-state index contributed by atoms with van der Waals surface area (Å²) >= 11 is 1.70. The molecular formula is C10H16N6S. The van der Waals surface area contributed by atoms with Crippen molar-refractivity contribution in [1.29, 1.82) is 0 Å². The highest BCUT2D eigenvalue weighted by Gasteiger charge is 2.01. The van der Waals surface area contributed by atoms with Gasteiger partial charge < -0.3 is 11.1 Å². The van der Waals surface area contributed by atoms with Crippen LogP contribution in [0, 0.1) is 6.92 Å². The molecule has 0 aliphatic rings. The van der Waals surface area contributed by atoms with E-state index in [1.54, 1.807) is 16.0 Å². The molecule has 0 saturated heterocycles. The summed E-state index contributed by atoms with van der Waals surface area (Å²) in [5, 5.41) is 12.4. The molecule has 0 unspecified atom stereocenters. The second kappa shape index (κ2) is 5.85. The quantitative estimate of drug-likeness (QED) is 0.772. The maximum atomic E-state index is 5.44. The van der Waals surface area contributed by atoms with Crippen LogP contribution in [-0.2, 0) is 19.6 Å². The lowest BCUT2D eigenvalue weighted by molar-refractivity contribution is 0.598. The fourth-order valence-corrected chi connectivity index (χ4v) is 2.20. The molecule has 0 aliphatic heterocycles. The fourth-order valence-electron chi connectivity index (χ4n) is 1.44. The van der Waals surface area contributed by atoms with Gasteiger partial charge in [-0.05, 0) is 6.92 Å². The van der Waals surface area contributed by atoms with E-state index in [4.69, 9.17) is 5.73 Å². The Hall–Kier alpha value is -1.31. The standard InChI is InChI=1S/C10H16N6S/c1-8-4-13-10(17-8)6-12-5-9-7-16(3-2-11)15-14-9/h4,7,12H,2-3,5-6,11H2,1H3. The van der Waals surface area contributed by atoms with Crippen molar-refractivity contribution in [2.24, 2.45) is 5.73 Å². The van der Waals surface area contributed by atoms with Crippen LogP contribution in [0.4, 0.5) is 0 Å². The summed E-state index contributed by atoms with van der Waals surface area (Å²) in [7, 11) is 0. The van der Waals surface area contributed by atoms with E-state index in [0.29, 0.717) is 19.6 Å². The number of rotatable bonds is 6. The summed E-state index contributed by atoms with van der Waals surface area (Å²) in [6, 6.07) is 0. The molecule has 0 aliphatic carbocycles. The van der Waals surface area contributed by atoms with E-state index in [-0.39, 0.29) is 0 Å². The molecule has 0 saturated carbocycles. The third kappa shape index (κ3) is 3.58. The lowest BCUT2D eigenvalue weighted by Crippen LogP contribution is -2.13. The average molecular weight is 252 g/mol. The van der Waals surface area contributed by atoms with Crippen molar-refractivity contribution in [1.82, 2.24) is 25.3 Å². The van der Waals surface area contributed by atoms with Gasteiger partial charge in [0.05, 0.1) is 12.2 Å². The van der Waals surface area contributed by atoms with E-state index in [2.05, 4.69) is 27.5 Å². The van der Waals surface area contributed by atoms with Crippen molar-refractivity contribution in [3.63, 3.8) is 0 Å². The van der Waals surface area contributed by atoms with Crippen molar-refractivity contribution in [2.45, 2.75) is 26.6 Å². The van der Waals surface area contributed by atoms with Crippen LogP contribution in [0.5, 0.6) is 0 Å². The van der Waals surface area contributed by atoms with Gasteiger partial charge in [0.15, 0.2) is 0 Å². The van der Waals surface area contributed by atoms with Gasteiger partial charge in [-0.1, -0.05) is 5.21 Å². The first-order valence-electron chi connectivity index (χ1n) is 5.49. The molecule has 2 aromatic heterocycles. The summed E-state index contributed by atoms with van der Waals surface area (Å²) in [5.74, 6) is 0. The number of hydrogen-bond acceptors (Lipinski definition) is 6.